The molecule has 3 aliphatic heterocycles. The lowest BCUT2D eigenvalue weighted by Crippen LogP contribution is -2.55. The Balaban J connectivity index is 1.61. The smallest absolute Gasteiger partial charge is 0.335 e. The Morgan fingerprint density at radius 3 is 2.48 bits per heavy atom. The number of urea groups is 1. The molecule has 2 bridgehead atoms. The van der Waals surface area contributed by atoms with Crippen molar-refractivity contribution >= 4 is 23.5 Å². The van der Waals surface area contributed by atoms with Gasteiger partial charge in [0.25, 0.3) is 5.91 Å². The number of halogens is 3. The number of imide groups is 1. The summed E-state index contributed by atoms with van der Waals surface area (Å²) < 4.78 is 39.1. The molecule has 3 fully saturated rings. The van der Waals surface area contributed by atoms with Crippen LogP contribution in [0.2, 0.25) is 0 Å². The third-order valence-corrected chi connectivity index (χ3v) is 5.70. The number of amides is 4. The number of fused-ring (bicyclic) bond motifs is 5. The van der Waals surface area contributed by atoms with Crippen molar-refractivity contribution in [3.8, 4) is 0 Å². The molecular formula is C20H22F3N3O3. The molecule has 6 nitrogen and oxygen atoms in total. The Kier molecular flexibility index (Phi) is 4.22. The summed E-state index contributed by atoms with van der Waals surface area (Å²) in [6, 6.07) is 2.03. The molecule has 4 amide bonds. The van der Waals surface area contributed by atoms with E-state index in [0.29, 0.717) is 19.4 Å². The average molecular weight is 409 g/mol. The molecule has 3 saturated heterocycles. The van der Waals surface area contributed by atoms with E-state index in [0.717, 1.165) is 17.0 Å². The van der Waals surface area contributed by atoms with Crippen LogP contribution in [0.3, 0.4) is 0 Å². The number of carbonyl (C=O) groups is 3. The molecule has 0 spiro atoms. The molecule has 0 saturated carbocycles. The third kappa shape index (κ3) is 3.16. The van der Waals surface area contributed by atoms with Gasteiger partial charge in [-0.25, -0.2) is 9.69 Å². The van der Waals surface area contributed by atoms with Gasteiger partial charge in [-0.05, 0) is 30.0 Å². The third-order valence-electron chi connectivity index (χ3n) is 5.70. The van der Waals surface area contributed by atoms with Gasteiger partial charge in [-0.15, -0.1) is 0 Å². The van der Waals surface area contributed by atoms with Crippen LogP contribution >= 0.6 is 0 Å². The second-order valence-electron chi connectivity index (χ2n) is 9.10. The van der Waals surface area contributed by atoms with Gasteiger partial charge in [0.2, 0.25) is 5.91 Å². The van der Waals surface area contributed by atoms with E-state index in [-0.39, 0.29) is 23.1 Å². The Hall–Kier alpha value is -2.58. The number of rotatable bonds is 2. The van der Waals surface area contributed by atoms with Crippen molar-refractivity contribution in [2.75, 3.05) is 11.4 Å². The number of piperazine rings is 1. The van der Waals surface area contributed by atoms with Gasteiger partial charge < -0.3 is 9.80 Å². The van der Waals surface area contributed by atoms with E-state index in [1.165, 1.54) is 17.0 Å². The van der Waals surface area contributed by atoms with Gasteiger partial charge in [0, 0.05) is 13.0 Å². The number of hydrogen-bond donors (Lipinski definition) is 0. The van der Waals surface area contributed by atoms with Gasteiger partial charge in [-0.1, -0.05) is 26.8 Å². The van der Waals surface area contributed by atoms with Crippen LogP contribution in [0, 0.1) is 5.41 Å². The van der Waals surface area contributed by atoms with E-state index >= 15 is 0 Å². The van der Waals surface area contributed by atoms with E-state index in [4.69, 9.17) is 0 Å². The van der Waals surface area contributed by atoms with Crippen LogP contribution < -0.4 is 4.90 Å². The summed E-state index contributed by atoms with van der Waals surface area (Å²) in [7, 11) is 0. The van der Waals surface area contributed by atoms with Gasteiger partial charge in [-0.2, -0.15) is 13.2 Å². The maximum Gasteiger partial charge on any atom is 0.416 e. The van der Waals surface area contributed by atoms with Crippen LogP contribution in [0.1, 0.15) is 39.2 Å². The molecule has 0 radical (unpaired) electrons. The van der Waals surface area contributed by atoms with E-state index in [1.54, 1.807) is 4.90 Å². The van der Waals surface area contributed by atoms with Gasteiger partial charge >= 0.3 is 12.2 Å². The van der Waals surface area contributed by atoms with Crippen molar-refractivity contribution in [3.05, 3.63) is 29.8 Å². The van der Waals surface area contributed by atoms with E-state index in [1.807, 2.05) is 20.8 Å². The predicted octanol–water partition coefficient (Wildman–Crippen LogP) is 3.26. The first-order chi connectivity index (χ1) is 13.4. The van der Waals surface area contributed by atoms with Crippen LogP contribution in [0.4, 0.5) is 23.7 Å². The van der Waals surface area contributed by atoms with E-state index in [9.17, 15) is 27.6 Å². The number of nitrogens with zero attached hydrogens (tertiary/aromatic N) is 3. The fraction of sp³-hybridized carbons (Fsp3) is 0.550. The molecule has 3 atom stereocenters. The summed E-state index contributed by atoms with van der Waals surface area (Å²) in [5.74, 6) is -0.641. The van der Waals surface area contributed by atoms with E-state index in [2.05, 4.69) is 0 Å². The SMILES string of the molecule is CC(C)(C)CC(=O)N1CC2C[C@@H]1[C@@H]1C(=O)N(c3cccc(C(F)(F)F)c3)C(=O)N21. The quantitative estimate of drug-likeness (QED) is 0.705. The Bertz CT molecular complexity index is 893. The molecule has 1 aromatic carbocycles. The van der Waals surface area contributed by atoms with Gasteiger partial charge in [-0.3, -0.25) is 9.59 Å². The number of likely N-dealkylation sites (tertiary alicyclic amines) is 1. The summed E-state index contributed by atoms with van der Waals surface area (Å²) >= 11 is 0. The minimum absolute atomic E-state index is 0.0672. The molecule has 3 aliphatic rings. The zero-order chi connectivity index (χ0) is 21.3. The topological polar surface area (TPSA) is 60.9 Å². The fourth-order valence-corrected chi connectivity index (χ4v) is 4.56. The van der Waals surface area contributed by atoms with Crippen LogP contribution in [-0.2, 0) is 15.8 Å². The molecule has 0 aromatic heterocycles. The number of alkyl halides is 3. The first-order valence-corrected chi connectivity index (χ1v) is 9.51. The van der Waals surface area contributed by atoms with E-state index < -0.39 is 35.8 Å². The lowest BCUT2D eigenvalue weighted by Gasteiger charge is -2.36. The summed E-state index contributed by atoms with van der Waals surface area (Å²) in [5, 5.41) is 0. The standard InChI is InChI=1S/C20H22F3N3O3/c1-19(2,3)9-15(27)24-10-13-8-14(24)16-17(28)26(18(29)25(13)16)12-6-4-5-11(7-12)20(21,22)23/h4-7,13-14,16H,8-10H2,1-3H3/t13?,14-,16-/m1/s1. The highest BCUT2D eigenvalue weighted by atomic mass is 19.4. The normalized spacial score (nSPS) is 26.6. The summed E-state index contributed by atoms with van der Waals surface area (Å²) in [6.07, 6.45) is -3.73. The molecule has 3 heterocycles. The van der Waals surface area contributed by atoms with Crippen molar-refractivity contribution in [3.63, 3.8) is 0 Å². The largest absolute Gasteiger partial charge is 0.416 e. The van der Waals surface area contributed by atoms with Crippen molar-refractivity contribution in [1.82, 2.24) is 9.80 Å². The summed E-state index contributed by atoms with van der Waals surface area (Å²) in [6.45, 7) is 6.20. The van der Waals surface area contributed by atoms with Crippen molar-refractivity contribution < 1.29 is 27.6 Å². The van der Waals surface area contributed by atoms with Gasteiger partial charge in [0.15, 0.2) is 0 Å². The molecule has 4 rings (SSSR count). The Morgan fingerprint density at radius 2 is 1.86 bits per heavy atom. The Labute approximate surface area is 166 Å². The summed E-state index contributed by atoms with van der Waals surface area (Å²) in [5.41, 5.74) is -1.23. The minimum atomic E-state index is -4.58. The number of benzene rings is 1. The second-order valence-corrected chi connectivity index (χ2v) is 9.10. The average Bonchev–Trinajstić information content (AvgIpc) is 3.24. The van der Waals surface area contributed by atoms with Crippen LogP contribution in [0.25, 0.3) is 0 Å². The highest BCUT2D eigenvalue weighted by Crippen LogP contribution is 2.43. The number of carbonyl (C=O) groups excluding carboxylic acids is 3. The first-order valence-electron chi connectivity index (χ1n) is 9.51. The van der Waals surface area contributed by atoms with Gasteiger partial charge in [0.1, 0.15) is 6.04 Å². The van der Waals surface area contributed by atoms with Gasteiger partial charge in [0.05, 0.1) is 23.3 Å². The Morgan fingerprint density at radius 1 is 1.17 bits per heavy atom. The zero-order valence-corrected chi connectivity index (χ0v) is 16.4. The van der Waals surface area contributed by atoms with Crippen LogP contribution in [0.5, 0.6) is 0 Å². The molecule has 1 unspecified atom stereocenters. The van der Waals surface area contributed by atoms with Crippen LogP contribution in [0.15, 0.2) is 24.3 Å². The highest BCUT2D eigenvalue weighted by Gasteiger charge is 2.62. The van der Waals surface area contributed by atoms with Crippen molar-refractivity contribution in [2.45, 2.75) is 57.9 Å². The molecule has 0 aliphatic carbocycles. The number of anilines is 1. The summed E-state index contributed by atoms with van der Waals surface area (Å²) in [4.78, 5) is 42.6. The molecule has 0 N–H and O–H groups in total. The predicted molar refractivity (Wildman–Crippen MR) is 97.9 cm³/mol. The molecular weight excluding hydrogens is 387 g/mol. The lowest BCUT2D eigenvalue weighted by molar-refractivity contribution is -0.138. The second kappa shape index (κ2) is 6.21. The maximum absolute atomic E-state index is 13.0. The molecule has 1 aromatic rings. The maximum atomic E-state index is 13.0. The highest BCUT2D eigenvalue weighted by molar-refractivity contribution is 6.22. The lowest BCUT2D eigenvalue weighted by atomic mass is 9.91. The van der Waals surface area contributed by atoms with Crippen molar-refractivity contribution in [1.29, 1.82) is 0 Å². The first kappa shape index (κ1) is 19.7. The molecule has 29 heavy (non-hydrogen) atoms. The monoisotopic (exact) mass is 409 g/mol. The van der Waals surface area contributed by atoms with Crippen molar-refractivity contribution in [2.24, 2.45) is 5.41 Å². The minimum Gasteiger partial charge on any atom is -0.335 e. The number of hydrogen-bond acceptors (Lipinski definition) is 3. The molecule has 9 heteroatoms. The molecule has 156 valence electrons. The zero-order valence-electron chi connectivity index (χ0n) is 16.4. The fourth-order valence-electron chi connectivity index (χ4n) is 4.56. The van der Waals surface area contributed by atoms with Crippen LogP contribution in [-0.4, -0.2) is 52.3 Å².